The SMILES string of the molecule is C=C(C(=N)c1nc2c(-c3cc(F)cc(CCCN(C)C)c3)cncc2[nH]1)/C(N)=C\C=C(/C)C1=CCNCC1. The van der Waals surface area contributed by atoms with Crippen LogP contribution in [0.1, 0.15) is 31.2 Å². The molecule has 0 saturated heterocycles. The Morgan fingerprint density at radius 1 is 1.24 bits per heavy atom. The summed E-state index contributed by atoms with van der Waals surface area (Å²) >= 11 is 0. The van der Waals surface area contributed by atoms with Crippen LogP contribution in [0.15, 0.2) is 77.8 Å². The summed E-state index contributed by atoms with van der Waals surface area (Å²) in [5.41, 5.74) is 13.2. The first-order valence-corrected chi connectivity index (χ1v) is 12.8. The second-order valence-electron chi connectivity index (χ2n) is 9.93. The van der Waals surface area contributed by atoms with Crippen LogP contribution in [-0.4, -0.2) is 59.3 Å². The maximum atomic E-state index is 14.5. The zero-order valence-corrected chi connectivity index (χ0v) is 22.4. The summed E-state index contributed by atoms with van der Waals surface area (Å²) in [5, 5.41) is 12.0. The van der Waals surface area contributed by atoms with E-state index in [9.17, 15) is 4.39 Å². The average Bonchev–Trinajstić information content (AvgIpc) is 3.35. The second kappa shape index (κ2) is 12.1. The van der Waals surface area contributed by atoms with Crippen molar-refractivity contribution in [1.29, 1.82) is 5.41 Å². The maximum absolute atomic E-state index is 14.5. The average molecular weight is 514 g/mol. The largest absolute Gasteiger partial charge is 0.398 e. The fourth-order valence-corrected chi connectivity index (χ4v) is 4.50. The molecule has 1 aliphatic heterocycles. The standard InChI is InChI=1S/C30H36FN7/c1-19(22-9-11-34-12-10-22)7-8-26(32)20(2)28(33)30-36-27-18-35-17-25(29(27)37-30)23-14-21(15-24(31)16-23)6-5-13-38(3)4/h7-9,14-18,33-34H,2,5-6,10-13,32H2,1,3-4H3,(H,36,37)/b19-7+,26-8+,33-28?. The topological polar surface area (TPSA) is 107 Å². The van der Waals surface area contributed by atoms with Crippen molar-refractivity contribution in [3.8, 4) is 11.1 Å². The highest BCUT2D eigenvalue weighted by atomic mass is 19.1. The molecule has 0 bridgehead atoms. The Morgan fingerprint density at radius 3 is 2.79 bits per heavy atom. The number of hydrogen-bond donors (Lipinski definition) is 4. The third kappa shape index (κ3) is 6.51. The molecular formula is C30H36FN7. The number of hydrogen-bond acceptors (Lipinski definition) is 6. The van der Waals surface area contributed by atoms with Gasteiger partial charge in [-0.2, -0.15) is 0 Å². The van der Waals surface area contributed by atoms with Gasteiger partial charge in [0.1, 0.15) is 11.5 Å². The number of fused-ring (bicyclic) bond motifs is 1. The van der Waals surface area contributed by atoms with Crippen molar-refractivity contribution in [2.45, 2.75) is 26.2 Å². The number of aromatic nitrogens is 3. The molecule has 3 heterocycles. The van der Waals surface area contributed by atoms with Gasteiger partial charge in [0.05, 0.1) is 17.2 Å². The number of nitrogens with zero attached hydrogens (tertiary/aromatic N) is 3. The Kier molecular flexibility index (Phi) is 8.66. The summed E-state index contributed by atoms with van der Waals surface area (Å²) < 4.78 is 14.5. The van der Waals surface area contributed by atoms with Crippen LogP contribution in [0, 0.1) is 11.2 Å². The van der Waals surface area contributed by atoms with E-state index in [-0.39, 0.29) is 11.5 Å². The van der Waals surface area contributed by atoms with E-state index in [0.717, 1.165) is 50.0 Å². The number of pyridine rings is 1. The van der Waals surface area contributed by atoms with E-state index in [2.05, 4.69) is 44.7 Å². The Labute approximate surface area is 223 Å². The number of allylic oxidation sites excluding steroid dienone is 4. The normalized spacial score (nSPS) is 14.7. The van der Waals surface area contributed by atoms with Crippen molar-refractivity contribution < 1.29 is 4.39 Å². The van der Waals surface area contributed by atoms with Gasteiger partial charge in [-0.05, 0) is 93.9 Å². The van der Waals surface area contributed by atoms with Gasteiger partial charge in [0.2, 0.25) is 0 Å². The van der Waals surface area contributed by atoms with Gasteiger partial charge in [0.25, 0.3) is 0 Å². The Hall–Kier alpha value is -3.88. The molecule has 4 rings (SSSR count). The number of imidazole rings is 1. The molecule has 38 heavy (non-hydrogen) atoms. The van der Waals surface area contributed by atoms with Crippen LogP contribution in [-0.2, 0) is 6.42 Å². The van der Waals surface area contributed by atoms with Crippen LogP contribution in [0.4, 0.5) is 4.39 Å². The molecule has 2 aromatic heterocycles. The number of aromatic amines is 1. The van der Waals surface area contributed by atoms with Gasteiger partial charge in [-0.25, -0.2) is 9.37 Å². The minimum absolute atomic E-state index is 0.0941. The third-order valence-corrected chi connectivity index (χ3v) is 6.70. The van der Waals surface area contributed by atoms with E-state index in [1.807, 2.05) is 26.2 Å². The first-order chi connectivity index (χ1) is 18.2. The van der Waals surface area contributed by atoms with Crippen LogP contribution >= 0.6 is 0 Å². The first kappa shape index (κ1) is 27.2. The van der Waals surface area contributed by atoms with Crippen molar-refractivity contribution >= 4 is 16.7 Å². The summed E-state index contributed by atoms with van der Waals surface area (Å²) in [6, 6.07) is 5.06. The smallest absolute Gasteiger partial charge is 0.157 e. The lowest BCUT2D eigenvalue weighted by atomic mass is 10.0. The van der Waals surface area contributed by atoms with Gasteiger partial charge in [0, 0.05) is 29.6 Å². The Balaban J connectivity index is 1.58. The van der Waals surface area contributed by atoms with E-state index >= 15 is 0 Å². The van der Waals surface area contributed by atoms with Crippen LogP contribution in [0.2, 0.25) is 0 Å². The van der Waals surface area contributed by atoms with Crippen LogP contribution in [0.25, 0.3) is 22.2 Å². The lowest BCUT2D eigenvalue weighted by molar-refractivity contribution is 0.400. The monoisotopic (exact) mass is 513 g/mol. The molecule has 0 aliphatic carbocycles. The van der Waals surface area contributed by atoms with E-state index in [0.29, 0.717) is 39.3 Å². The van der Waals surface area contributed by atoms with Gasteiger partial charge in [-0.1, -0.05) is 24.8 Å². The number of rotatable bonds is 10. The minimum atomic E-state index is -0.294. The van der Waals surface area contributed by atoms with Crippen LogP contribution < -0.4 is 11.1 Å². The summed E-state index contributed by atoms with van der Waals surface area (Å²) in [6.07, 6.45) is 12.0. The molecule has 0 saturated carbocycles. The minimum Gasteiger partial charge on any atom is -0.398 e. The number of nitrogens with two attached hydrogens (primary N) is 1. The molecule has 7 nitrogen and oxygen atoms in total. The van der Waals surface area contributed by atoms with Gasteiger partial charge < -0.3 is 20.9 Å². The van der Waals surface area contributed by atoms with E-state index in [4.69, 9.17) is 11.1 Å². The fraction of sp³-hybridized carbons (Fsp3) is 0.300. The van der Waals surface area contributed by atoms with Crippen LogP contribution in [0.5, 0.6) is 0 Å². The number of aryl methyl sites for hydroxylation is 1. The molecule has 3 aromatic rings. The third-order valence-electron chi connectivity index (χ3n) is 6.70. The lowest BCUT2D eigenvalue weighted by Crippen LogP contribution is -2.20. The Bertz CT molecular complexity index is 1440. The number of halogens is 1. The van der Waals surface area contributed by atoms with Crippen molar-refractivity contribution in [3.63, 3.8) is 0 Å². The maximum Gasteiger partial charge on any atom is 0.157 e. The zero-order chi connectivity index (χ0) is 27.2. The molecule has 0 fully saturated rings. The molecule has 0 unspecified atom stereocenters. The van der Waals surface area contributed by atoms with Gasteiger partial charge in [0.15, 0.2) is 5.82 Å². The van der Waals surface area contributed by atoms with Gasteiger partial charge in [-0.3, -0.25) is 10.4 Å². The number of benzene rings is 1. The highest BCUT2D eigenvalue weighted by Crippen LogP contribution is 2.29. The zero-order valence-electron chi connectivity index (χ0n) is 22.4. The Morgan fingerprint density at radius 2 is 2.05 bits per heavy atom. The molecule has 1 aliphatic rings. The van der Waals surface area contributed by atoms with Gasteiger partial charge >= 0.3 is 0 Å². The summed E-state index contributed by atoms with van der Waals surface area (Å²) in [4.78, 5) is 14.3. The molecule has 8 heteroatoms. The van der Waals surface area contributed by atoms with E-state index in [1.165, 1.54) is 11.6 Å². The predicted octanol–water partition coefficient (Wildman–Crippen LogP) is 4.89. The number of nitrogens with one attached hydrogen (secondary N) is 3. The van der Waals surface area contributed by atoms with Crippen molar-refractivity contribution in [2.24, 2.45) is 5.73 Å². The second-order valence-corrected chi connectivity index (χ2v) is 9.93. The van der Waals surface area contributed by atoms with Crippen molar-refractivity contribution in [3.05, 3.63) is 95.0 Å². The van der Waals surface area contributed by atoms with Crippen molar-refractivity contribution in [1.82, 2.24) is 25.2 Å². The lowest BCUT2D eigenvalue weighted by Gasteiger charge is -2.14. The highest BCUT2D eigenvalue weighted by Gasteiger charge is 2.17. The van der Waals surface area contributed by atoms with Gasteiger partial charge in [-0.15, -0.1) is 0 Å². The first-order valence-electron chi connectivity index (χ1n) is 12.8. The van der Waals surface area contributed by atoms with E-state index < -0.39 is 0 Å². The van der Waals surface area contributed by atoms with Crippen molar-refractivity contribution in [2.75, 3.05) is 33.7 Å². The van der Waals surface area contributed by atoms with Crippen LogP contribution in [0.3, 0.4) is 0 Å². The summed E-state index contributed by atoms with van der Waals surface area (Å²) in [5.74, 6) is 0.0396. The highest BCUT2D eigenvalue weighted by molar-refractivity contribution is 6.12. The van der Waals surface area contributed by atoms with E-state index in [1.54, 1.807) is 24.5 Å². The molecule has 0 atom stereocenters. The molecule has 0 amide bonds. The summed E-state index contributed by atoms with van der Waals surface area (Å²) in [6.45, 7) is 8.86. The molecule has 1 aromatic carbocycles. The molecule has 5 N–H and O–H groups in total. The fourth-order valence-electron chi connectivity index (χ4n) is 4.50. The molecular weight excluding hydrogens is 477 g/mol. The predicted molar refractivity (Wildman–Crippen MR) is 154 cm³/mol. The number of H-pyrrole nitrogens is 1. The quantitative estimate of drug-likeness (QED) is 0.228. The summed E-state index contributed by atoms with van der Waals surface area (Å²) in [7, 11) is 4.05. The molecule has 198 valence electrons. The molecule has 0 radical (unpaired) electrons. The molecule has 0 spiro atoms.